The molecule has 0 aliphatic heterocycles. The molecule has 0 amide bonds. The van der Waals surface area contributed by atoms with Gasteiger partial charge in [-0.05, 0) is 6.07 Å². The molecule has 0 spiro atoms. The number of para-hydroxylation sites is 1. The van der Waals surface area contributed by atoms with Gasteiger partial charge >= 0.3 is 6.18 Å². The van der Waals surface area contributed by atoms with Crippen LogP contribution in [0.15, 0.2) is 18.2 Å². The smallest absolute Gasteiger partial charge is 0.419 e. The van der Waals surface area contributed by atoms with Gasteiger partial charge in [0.15, 0.2) is 0 Å². The summed E-state index contributed by atoms with van der Waals surface area (Å²) in [4.78, 5) is 0. The number of alkyl halides is 5. The fourth-order valence-electron chi connectivity index (χ4n) is 2.32. The van der Waals surface area contributed by atoms with Crippen LogP contribution in [-0.4, -0.2) is 19.6 Å². The van der Waals surface area contributed by atoms with Crippen LogP contribution in [0.3, 0.4) is 0 Å². The van der Waals surface area contributed by atoms with Gasteiger partial charge in [0.1, 0.15) is 5.75 Å². The number of benzene rings is 1. The first-order valence-electron chi connectivity index (χ1n) is 5.52. The van der Waals surface area contributed by atoms with Crippen LogP contribution < -0.4 is 10.5 Å². The number of nitrogens with two attached hydrogens (primary N) is 1. The third-order valence-electron chi connectivity index (χ3n) is 3.49. The number of rotatable bonds is 3. The Bertz CT molecular complexity index is 499. The van der Waals surface area contributed by atoms with Crippen LogP contribution >= 0.6 is 0 Å². The van der Waals surface area contributed by atoms with Crippen LogP contribution in [0.25, 0.3) is 0 Å². The Morgan fingerprint density at radius 3 is 2.26 bits per heavy atom. The SMILES string of the molecule is COc1c(C(F)(F)F)cccc1C1(CN)CC1(F)F. The van der Waals surface area contributed by atoms with Crippen molar-refractivity contribution in [2.24, 2.45) is 5.73 Å². The molecule has 7 heteroatoms. The largest absolute Gasteiger partial charge is 0.496 e. The molecule has 1 fully saturated rings. The lowest BCUT2D eigenvalue weighted by Crippen LogP contribution is -2.28. The summed E-state index contributed by atoms with van der Waals surface area (Å²) >= 11 is 0. The van der Waals surface area contributed by atoms with Crippen molar-refractivity contribution in [3.63, 3.8) is 0 Å². The number of methoxy groups -OCH3 is 1. The molecule has 0 bridgehead atoms. The van der Waals surface area contributed by atoms with Gasteiger partial charge in [0.25, 0.3) is 5.92 Å². The van der Waals surface area contributed by atoms with Crippen molar-refractivity contribution in [3.8, 4) is 5.75 Å². The van der Waals surface area contributed by atoms with Crippen molar-refractivity contribution < 1.29 is 26.7 Å². The predicted molar refractivity (Wildman–Crippen MR) is 58.3 cm³/mol. The average Bonchev–Trinajstić information content (AvgIpc) is 2.90. The third kappa shape index (κ3) is 1.96. The van der Waals surface area contributed by atoms with Gasteiger partial charge < -0.3 is 10.5 Å². The van der Waals surface area contributed by atoms with Crippen LogP contribution in [0.4, 0.5) is 22.0 Å². The van der Waals surface area contributed by atoms with Crippen molar-refractivity contribution >= 4 is 0 Å². The van der Waals surface area contributed by atoms with E-state index < -0.39 is 41.8 Å². The summed E-state index contributed by atoms with van der Waals surface area (Å²) in [6, 6.07) is 3.10. The second kappa shape index (κ2) is 4.06. The Morgan fingerprint density at radius 1 is 1.32 bits per heavy atom. The maximum Gasteiger partial charge on any atom is 0.419 e. The molecular formula is C12H12F5NO. The standard InChI is InChI=1S/C12H12F5NO/c1-19-9-7(10(6-18)5-11(10,13)14)3-2-4-8(9)12(15,16)17/h2-4H,5-6,18H2,1H3. The molecule has 19 heavy (non-hydrogen) atoms. The van der Waals surface area contributed by atoms with E-state index in [1.807, 2.05) is 0 Å². The zero-order chi connectivity index (χ0) is 14.5. The average molecular weight is 281 g/mol. The molecule has 0 saturated heterocycles. The van der Waals surface area contributed by atoms with Crippen molar-refractivity contribution in [3.05, 3.63) is 29.3 Å². The molecule has 0 radical (unpaired) electrons. The number of ether oxygens (including phenoxy) is 1. The first kappa shape index (κ1) is 14.0. The van der Waals surface area contributed by atoms with Gasteiger partial charge in [-0.25, -0.2) is 8.78 Å². The fourth-order valence-corrected chi connectivity index (χ4v) is 2.32. The quantitative estimate of drug-likeness (QED) is 0.865. The van der Waals surface area contributed by atoms with Crippen LogP contribution in [0, 0.1) is 0 Å². The van der Waals surface area contributed by atoms with E-state index in [0.717, 1.165) is 19.2 Å². The van der Waals surface area contributed by atoms with Crippen molar-refractivity contribution in [2.45, 2.75) is 23.9 Å². The molecule has 2 nitrogen and oxygen atoms in total. The number of hydrogen-bond donors (Lipinski definition) is 1. The Balaban J connectivity index is 2.60. The molecule has 1 aromatic rings. The maximum absolute atomic E-state index is 13.5. The zero-order valence-corrected chi connectivity index (χ0v) is 10.0. The molecular weight excluding hydrogens is 269 g/mol. The molecule has 0 heterocycles. The lowest BCUT2D eigenvalue weighted by atomic mass is 9.92. The molecule has 1 atom stereocenters. The molecule has 1 aliphatic carbocycles. The minimum absolute atomic E-state index is 0.183. The van der Waals surface area contributed by atoms with Gasteiger partial charge in [-0.2, -0.15) is 13.2 Å². The van der Waals surface area contributed by atoms with E-state index in [-0.39, 0.29) is 5.56 Å². The predicted octanol–water partition coefficient (Wildman–Crippen LogP) is 2.95. The second-order valence-corrected chi connectivity index (χ2v) is 4.55. The number of halogens is 5. The van der Waals surface area contributed by atoms with Gasteiger partial charge in [0.05, 0.1) is 18.1 Å². The monoisotopic (exact) mass is 281 g/mol. The van der Waals surface area contributed by atoms with Gasteiger partial charge in [0.2, 0.25) is 0 Å². The van der Waals surface area contributed by atoms with E-state index in [0.29, 0.717) is 0 Å². The van der Waals surface area contributed by atoms with Crippen molar-refractivity contribution in [2.75, 3.05) is 13.7 Å². The zero-order valence-electron chi connectivity index (χ0n) is 10.0. The van der Waals surface area contributed by atoms with Gasteiger partial charge in [-0.15, -0.1) is 0 Å². The summed E-state index contributed by atoms with van der Waals surface area (Å²) in [6.45, 7) is -0.433. The Morgan fingerprint density at radius 2 is 1.89 bits per heavy atom. The first-order valence-corrected chi connectivity index (χ1v) is 5.52. The van der Waals surface area contributed by atoms with Gasteiger partial charge in [-0.1, -0.05) is 12.1 Å². The Kier molecular flexibility index (Phi) is 3.00. The van der Waals surface area contributed by atoms with E-state index >= 15 is 0 Å². The Labute approximate surface area is 106 Å². The third-order valence-corrected chi connectivity index (χ3v) is 3.49. The summed E-state index contributed by atoms with van der Waals surface area (Å²) in [5, 5.41) is 0. The summed E-state index contributed by atoms with van der Waals surface area (Å²) < 4.78 is 70.1. The normalized spacial score (nSPS) is 25.2. The van der Waals surface area contributed by atoms with E-state index in [4.69, 9.17) is 10.5 Å². The highest BCUT2D eigenvalue weighted by Gasteiger charge is 2.72. The van der Waals surface area contributed by atoms with E-state index in [9.17, 15) is 22.0 Å². The fraction of sp³-hybridized carbons (Fsp3) is 0.500. The van der Waals surface area contributed by atoms with Crippen molar-refractivity contribution in [1.29, 1.82) is 0 Å². The van der Waals surface area contributed by atoms with E-state index in [2.05, 4.69) is 0 Å². The van der Waals surface area contributed by atoms with E-state index in [1.165, 1.54) is 6.07 Å². The molecule has 1 aromatic carbocycles. The summed E-state index contributed by atoms with van der Waals surface area (Å²) in [5.74, 6) is -3.67. The second-order valence-electron chi connectivity index (χ2n) is 4.55. The van der Waals surface area contributed by atoms with Gasteiger partial charge in [0, 0.05) is 18.5 Å². The maximum atomic E-state index is 13.5. The molecule has 1 unspecified atom stereocenters. The van der Waals surface area contributed by atoms with Crippen LogP contribution in [0.2, 0.25) is 0 Å². The van der Waals surface area contributed by atoms with Crippen LogP contribution in [0.5, 0.6) is 5.75 Å². The molecule has 2 N–H and O–H groups in total. The molecule has 1 saturated carbocycles. The first-order chi connectivity index (χ1) is 8.69. The lowest BCUT2D eigenvalue weighted by Gasteiger charge is -2.21. The number of hydrogen-bond acceptors (Lipinski definition) is 2. The lowest BCUT2D eigenvalue weighted by molar-refractivity contribution is -0.138. The Hall–Kier alpha value is -1.37. The summed E-state index contributed by atoms with van der Waals surface area (Å²) in [5.41, 5.74) is 2.34. The highest BCUT2D eigenvalue weighted by atomic mass is 19.4. The minimum Gasteiger partial charge on any atom is -0.496 e. The molecule has 1 aliphatic rings. The van der Waals surface area contributed by atoms with Gasteiger partial charge in [-0.3, -0.25) is 0 Å². The van der Waals surface area contributed by atoms with Crippen LogP contribution in [-0.2, 0) is 11.6 Å². The van der Waals surface area contributed by atoms with Crippen LogP contribution in [0.1, 0.15) is 17.5 Å². The molecule has 106 valence electrons. The summed E-state index contributed by atoms with van der Waals surface area (Å²) in [7, 11) is 1.03. The van der Waals surface area contributed by atoms with E-state index in [1.54, 1.807) is 0 Å². The molecule has 0 aromatic heterocycles. The molecule has 2 rings (SSSR count). The highest BCUT2D eigenvalue weighted by molar-refractivity contribution is 5.52. The topological polar surface area (TPSA) is 35.2 Å². The van der Waals surface area contributed by atoms with Crippen molar-refractivity contribution in [1.82, 2.24) is 0 Å². The minimum atomic E-state index is -4.67. The summed E-state index contributed by atoms with van der Waals surface area (Å²) in [6.07, 6.45) is -5.23. The highest BCUT2D eigenvalue weighted by Crippen LogP contribution is 2.63.